The van der Waals surface area contributed by atoms with Gasteiger partial charge in [-0.15, -0.1) is 0 Å². The SMILES string of the molecule is CNC(CN1CCC(C)CC1C)c1cccc(OC)c1. The smallest absolute Gasteiger partial charge is 0.119 e. The van der Waals surface area contributed by atoms with Crippen molar-refractivity contribution in [1.82, 2.24) is 10.2 Å². The Morgan fingerprint density at radius 2 is 2.20 bits per heavy atom. The van der Waals surface area contributed by atoms with E-state index in [9.17, 15) is 0 Å². The van der Waals surface area contributed by atoms with E-state index in [0.717, 1.165) is 18.2 Å². The number of benzene rings is 1. The molecule has 1 aromatic rings. The molecule has 0 radical (unpaired) electrons. The number of piperidine rings is 1. The van der Waals surface area contributed by atoms with E-state index in [1.807, 2.05) is 13.1 Å². The highest BCUT2D eigenvalue weighted by molar-refractivity contribution is 5.30. The van der Waals surface area contributed by atoms with Gasteiger partial charge in [-0.1, -0.05) is 19.1 Å². The Balaban J connectivity index is 2.04. The van der Waals surface area contributed by atoms with E-state index < -0.39 is 0 Å². The molecule has 0 aromatic heterocycles. The summed E-state index contributed by atoms with van der Waals surface area (Å²) in [4.78, 5) is 2.61. The molecule has 0 bridgehead atoms. The maximum Gasteiger partial charge on any atom is 0.119 e. The lowest BCUT2D eigenvalue weighted by Crippen LogP contribution is -2.44. The molecule has 1 saturated heterocycles. The largest absolute Gasteiger partial charge is 0.497 e. The molecule has 112 valence electrons. The van der Waals surface area contributed by atoms with Crippen molar-refractivity contribution in [2.75, 3.05) is 27.2 Å². The van der Waals surface area contributed by atoms with E-state index in [2.05, 4.69) is 42.3 Å². The monoisotopic (exact) mass is 276 g/mol. The van der Waals surface area contributed by atoms with Gasteiger partial charge in [0.15, 0.2) is 0 Å². The van der Waals surface area contributed by atoms with Crippen LogP contribution in [0.5, 0.6) is 5.75 Å². The fourth-order valence-corrected chi connectivity index (χ4v) is 3.18. The maximum absolute atomic E-state index is 5.33. The summed E-state index contributed by atoms with van der Waals surface area (Å²) in [5.41, 5.74) is 1.30. The van der Waals surface area contributed by atoms with Gasteiger partial charge >= 0.3 is 0 Å². The molecule has 3 heteroatoms. The zero-order chi connectivity index (χ0) is 14.5. The third kappa shape index (κ3) is 3.74. The van der Waals surface area contributed by atoms with E-state index in [0.29, 0.717) is 12.1 Å². The molecule has 3 nitrogen and oxygen atoms in total. The number of methoxy groups -OCH3 is 1. The minimum atomic E-state index is 0.362. The van der Waals surface area contributed by atoms with Crippen LogP contribution in [0, 0.1) is 5.92 Å². The molecule has 3 atom stereocenters. The van der Waals surface area contributed by atoms with Crippen LogP contribution >= 0.6 is 0 Å². The molecule has 1 aromatic carbocycles. The first-order valence-corrected chi connectivity index (χ1v) is 7.69. The van der Waals surface area contributed by atoms with Gasteiger partial charge in [-0.25, -0.2) is 0 Å². The van der Waals surface area contributed by atoms with E-state index in [4.69, 9.17) is 4.74 Å². The third-order valence-electron chi connectivity index (χ3n) is 4.54. The Morgan fingerprint density at radius 3 is 2.85 bits per heavy atom. The van der Waals surface area contributed by atoms with Crippen LogP contribution in [0.1, 0.15) is 38.3 Å². The lowest BCUT2D eigenvalue weighted by atomic mass is 9.92. The molecule has 1 heterocycles. The predicted octanol–water partition coefficient (Wildman–Crippen LogP) is 3.08. The number of likely N-dealkylation sites (tertiary alicyclic amines) is 1. The first-order valence-electron chi connectivity index (χ1n) is 7.69. The van der Waals surface area contributed by atoms with Crippen LogP contribution in [-0.2, 0) is 0 Å². The predicted molar refractivity (Wildman–Crippen MR) is 84.2 cm³/mol. The lowest BCUT2D eigenvalue weighted by Gasteiger charge is -2.38. The van der Waals surface area contributed by atoms with E-state index in [-0.39, 0.29) is 0 Å². The van der Waals surface area contributed by atoms with Gasteiger partial charge in [0.1, 0.15) is 5.75 Å². The molecule has 0 amide bonds. The van der Waals surface area contributed by atoms with Gasteiger partial charge in [0.25, 0.3) is 0 Å². The molecule has 0 saturated carbocycles. The Bertz CT molecular complexity index is 421. The molecular weight excluding hydrogens is 248 g/mol. The van der Waals surface area contributed by atoms with E-state index in [1.165, 1.54) is 24.9 Å². The molecular formula is C17H28N2O. The van der Waals surface area contributed by atoms with Crippen LogP contribution in [0.15, 0.2) is 24.3 Å². The van der Waals surface area contributed by atoms with Crippen molar-refractivity contribution in [2.24, 2.45) is 5.92 Å². The topological polar surface area (TPSA) is 24.5 Å². The van der Waals surface area contributed by atoms with Crippen molar-refractivity contribution >= 4 is 0 Å². The minimum absolute atomic E-state index is 0.362. The number of hydrogen-bond donors (Lipinski definition) is 1. The third-order valence-corrected chi connectivity index (χ3v) is 4.54. The van der Waals surface area contributed by atoms with Crippen molar-refractivity contribution < 1.29 is 4.74 Å². The summed E-state index contributed by atoms with van der Waals surface area (Å²) in [5, 5.41) is 3.45. The Labute approximate surface area is 123 Å². The highest BCUT2D eigenvalue weighted by atomic mass is 16.5. The fourth-order valence-electron chi connectivity index (χ4n) is 3.18. The van der Waals surface area contributed by atoms with Crippen LogP contribution in [-0.4, -0.2) is 38.2 Å². The summed E-state index contributed by atoms with van der Waals surface area (Å²) in [5.74, 6) is 1.80. The zero-order valence-corrected chi connectivity index (χ0v) is 13.2. The summed E-state index contributed by atoms with van der Waals surface area (Å²) in [6.07, 6.45) is 2.63. The van der Waals surface area contributed by atoms with Gasteiger partial charge in [0.05, 0.1) is 7.11 Å². The highest BCUT2D eigenvalue weighted by Gasteiger charge is 2.25. The molecule has 1 fully saturated rings. The Hall–Kier alpha value is -1.06. The van der Waals surface area contributed by atoms with Gasteiger partial charge in [-0.2, -0.15) is 0 Å². The number of rotatable bonds is 5. The van der Waals surface area contributed by atoms with Crippen molar-refractivity contribution in [3.05, 3.63) is 29.8 Å². The van der Waals surface area contributed by atoms with Crippen molar-refractivity contribution in [2.45, 2.75) is 38.8 Å². The maximum atomic E-state index is 5.33. The van der Waals surface area contributed by atoms with Crippen molar-refractivity contribution in [1.29, 1.82) is 0 Å². The van der Waals surface area contributed by atoms with Crippen molar-refractivity contribution in [3.63, 3.8) is 0 Å². The number of likely N-dealkylation sites (N-methyl/N-ethyl adjacent to an activating group) is 1. The highest BCUT2D eigenvalue weighted by Crippen LogP contribution is 2.26. The van der Waals surface area contributed by atoms with Crippen LogP contribution in [0.25, 0.3) is 0 Å². The summed E-state index contributed by atoms with van der Waals surface area (Å²) < 4.78 is 5.33. The average Bonchev–Trinajstić information content (AvgIpc) is 2.46. The minimum Gasteiger partial charge on any atom is -0.497 e. The first-order chi connectivity index (χ1) is 9.63. The summed E-state index contributed by atoms with van der Waals surface area (Å²) in [6, 6.07) is 9.43. The molecule has 0 spiro atoms. The van der Waals surface area contributed by atoms with Crippen LogP contribution in [0.2, 0.25) is 0 Å². The van der Waals surface area contributed by atoms with Gasteiger partial charge in [0.2, 0.25) is 0 Å². The lowest BCUT2D eigenvalue weighted by molar-refractivity contribution is 0.118. The second-order valence-corrected chi connectivity index (χ2v) is 6.09. The average molecular weight is 276 g/mol. The fraction of sp³-hybridized carbons (Fsp3) is 0.647. The summed E-state index contributed by atoms with van der Waals surface area (Å²) in [7, 11) is 3.77. The van der Waals surface area contributed by atoms with Gasteiger partial charge in [-0.05, 0) is 57.0 Å². The zero-order valence-electron chi connectivity index (χ0n) is 13.2. The molecule has 1 N–H and O–H groups in total. The molecule has 1 aliphatic rings. The second kappa shape index (κ2) is 7.09. The standard InChI is InChI=1S/C17H28N2O/c1-13-8-9-19(14(2)10-13)12-17(18-3)15-6-5-7-16(11-15)20-4/h5-7,11,13-14,17-18H,8-10,12H2,1-4H3. The van der Waals surface area contributed by atoms with Gasteiger partial charge in [-0.3, -0.25) is 4.90 Å². The Morgan fingerprint density at radius 1 is 1.40 bits per heavy atom. The van der Waals surface area contributed by atoms with Gasteiger partial charge < -0.3 is 10.1 Å². The van der Waals surface area contributed by atoms with Crippen LogP contribution < -0.4 is 10.1 Å². The summed E-state index contributed by atoms with van der Waals surface area (Å²) >= 11 is 0. The molecule has 0 aliphatic carbocycles. The Kier molecular flexibility index (Phi) is 5.44. The number of nitrogens with one attached hydrogen (secondary N) is 1. The molecule has 1 aliphatic heterocycles. The summed E-state index contributed by atoms with van der Waals surface area (Å²) in [6.45, 7) is 7.00. The molecule has 2 rings (SSSR count). The number of hydrogen-bond acceptors (Lipinski definition) is 3. The van der Waals surface area contributed by atoms with E-state index in [1.54, 1.807) is 7.11 Å². The van der Waals surface area contributed by atoms with Crippen molar-refractivity contribution in [3.8, 4) is 5.75 Å². The molecule has 20 heavy (non-hydrogen) atoms. The second-order valence-electron chi connectivity index (χ2n) is 6.09. The van der Waals surface area contributed by atoms with Crippen LogP contribution in [0.3, 0.4) is 0 Å². The van der Waals surface area contributed by atoms with Gasteiger partial charge in [0, 0.05) is 18.6 Å². The number of nitrogens with zero attached hydrogens (tertiary/aromatic N) is 1. The van der Waals surface area contributed by atoms with E-state index >= 15 is 0 Å². The first kappa shape index (κ1) is 15.3. The quantitative estimate of drug-likeness (QED) is 0.894. The molecule has 3 unspecified atom stereocenters. The number of ether oxygens (including phenoxy) is 1. The normalized spacial score (nSPS) is 25.4. The van der Waals surface area contributed by atoms with Crippen LogP contribution in [0.4, 0.5) is 0 Å².